The Kier molecular flexibility index (Phi) is 10.6. The molecule has 5 heterocycles. The smallest absolute Gasteiger partial charge is 0.282 e. The molecule has 0 radical (unpaired) electrons. The van der Waals surface area contributed by atoms with Gasteiger partial charge in [0, 0.05) is 50.4 Å². The summed E-state index contributed by atoms with van der Waals surface area (Å²) < 4.78 is 82.3. The summed E-state index contributed by atoms with van der Waals surface area (Å²) in [5, 5.41) is 11.9. The molecule has 0 unspecified atom stereocenters. The molecule has 18 heteroatoms. The lowest BCUT2D eigenvalue weighted by Gasteiger charge is -2.54. The summed E-state index contributed by atoms with van der Waals surface area (Å²) in [6, 6.07) is 2.52. The summed E-state index contributed by atoms with van der Waals surface area (Å²) >= 11 is 0. The molecular weight excluding hydrogens is 679 g/mol. The molecule has 0 bridgehead atoms. The van der Waals surface area contributed by atoms with E-state index in [-0.39, 0.29) is 39.6 Å². The third-order valence-corrected chi connectivity index (χ3v) is 11.1. The standard InChI is InChI=1S/C32H42F3N9O5S/c1-21(2)44(16-28(34)35)31(45)26-12-22(33)4-7-27(26)49-30-29(36-20-37-39-30)43-18-32(19-43)8-10-42(11-9-32)14-24-6-5-23(17-48-24)40-50(46,47)25-13-38-41(3)15-25/h4,7,12-13,15,20-21,23-24,28,40H,5-6,8-11,14,16-19H2,1-3H3/t23-,24+/m1/s1. The average molecular weight is 722 g/mol. The zero-order chi connectivity index (χ0) is 35.6. The highest BCUT2D eigenvalue weighted by Gasteiger charge is 2.46. The Morgan fingerprint density at radius 1 is 1.20 bits per heavy atom. The van der Waals surface area contributed by atoms with Crippen molar-refractivity contribution in [2.45, 2.75) is 69.0 Å². The van der Waals surface area contributed by atoms with E-state index in [0.717, 1.165) is 55.9 Å². The Hall–Kier alpha value is -3.87. The minimum absolute atomic E-state index is 0.0270. The number of nitrogens with one attached hydrogen (secondary N) is 1. The van der Waals surface area contributed by atoms with E-state index >= 15 is 0 Å². The van der Waals surface area contributed by atoms with Gasteiger partial charge in [-0.2, -0.15) is 5.10 Å². The van der Waals surface area contributed by atoms with E-state index in [1.54, 1.807) is 20.9 Å². The lowest BCUT2D eigenvalue weighted by molar-refractivity contribution is -0.0299. The fraction of sp³-hybridized carbons (Fsp3) is 0.594. The lowest BCUT2D eigenvalue weighted by Crippen LogP contribution is -2.61. The van der Waals surface area contributed by atoms with Crippen LogP contribution in [0, 0.1) is 11.2 Å². The highest BCUT2D eigenvalue weighted by atomic mass is 32.2. The van der Waals surface area contributed by atoms with Gasteiger partial charge in [0.25, 0.3) is 18.2 Å². The molecule has 3 aromatic rings. The number of carbonyl (C=O) groups excluding carboxylic acids is 1. The van der Waals surface area contributed by atoms with Crippen LogP contribution in [0.15, 0.2) is 41.8 Å². The number of hydrogen-bond donors (Lipinski definition) is 1. The van der Waals surface area contributed by atoms with Crippen LogP contribution in [0.4, 0.5) is 19.0 Å². The number of hydrogen-bond acceptors (Lipinski definition) is 11. The highest BCUT2D eigenvalue weighted by Crippen LogP contribution is 2.44. The first-order valence-electron chi connectivity index (χ1n) is 16.6. The van der Waals surface area contributed by atoms with Crippen LogP contribution in [0.5, 0.6) is 11.6 Å². The molecule has 3 fully saturated rings. The van der Waals surface area contributed by atoms with E-state index < -0.39 is 40.8 Å². The predicted octanol–water partition coefficient (Wildman–Crippen LogP) is 3.08. The molecule has 3 saturated heterocycles. The van der Waals surface area contributed by atoms with Crippen molar-refractivity contribution < 1.29 is 35.9 Å². The maximum absolute atomic E-state index is 14.3. The van der Waals surface area contributed by atoms with E-state index in [1.165, 1.54) is 29.5 Å². The van der Waals surface area contributed by atoms with Crippen LogP contribution in [-0.2, 0) is 21.8 Å². The Balaban J connectivity index is 1.01. The fourth-order valence-electron chi connectivity index (χ4n) is 6.83. The number of rotatable bonds is 12. The second kappa shape index (κ2) is 14.8. The molecule has 14 nitrogen and oxygen atoms in total. The van der Waals surface area contributed by atoms with Crippen LogP contribution in [-0.4, -0.2) is 120 Å². The van der Waals surface area contributed by atoms with Crippen LogP contribution in [0.25, 0.3) is 0 Å². The molecule has 1 amide bonds. The van der Waals surface area contributed by atoms with Crippen LogP contribution in [0.2, 0.25) is 0 Å². The largest absolute Gasteiger partial charge is 0.434 e. The van der Waals surface area contributed by atoms with Crippen molar-refractivity contribution in [2.24, 2.45) is 12.5 Å². The number of piperidine rings is 1. The van der Waals surface area contributed by atoms with Crippen molar-refractivity contribution in [2.75, 3.05) is 50.8 Å². The van der Waals surface area contributed by atoms with E-state index in [2.05, 4.69) is 29.9 Å². The summed E-state index contributed by atoms with van der Waals surface area (Å²) in [5.74, 6) is -1.08. The molecule has 0 saturated carbocycles. The summed E-state index contributed by atoms with van der Waals surface area (Å²) in [7, 11) is -1.98. The Morgan fingerprint density at radius 3 is 2.60 bits per heavy atom. The average Bonchev–Trinajstić information content (AvgIpc) is 3.52. The Morgan fingerprint density at radius 2 is 1.96 bits per heavy atom. The normalized spacial score (nSPS) is 21.1. The van der Waals surface area contributed by atoms with Gasteiger partial charge in [-0.1, -0.05) is 0 Å². The lowest BCUT2D eigenvalue weighted by atomic mass is 9.72. The fourth-order valence-corrected chi connectivity index (χ4v) is 8.07. The van der Waals surface area contributed by atoms with Gasteiger partial charge in [-0.3, -0.25) is 9.48 Å². The maximum Gasteiger partial charge on any atom is 0.282 e. The second-order valence-corrected chi connectivity index (χ2v) is 15.3. The highest BCUT2D eigenvalue weighted by molar-refractivity contribution is 7.89. The SMILES string of the molecule is CC(C)N(CC(F)F)C(=O)c1cc(F)ccc1Oc1nncnc1N1CC2(CCN(C[C@@H]3CC[C@@H](NS(=O)(=O)c4cnn(C)c4)CO3)CC2)C1. The number of ether oxygens (including phenoxy) is 2. The molecule has 2 atom stereocenters. The third-order valence-electron chi connectivity index (χ3n) is 9.58. The first kappa shape index (κ1) is 35.9. The minimum Gasteiger partial charge on any atom is -0.434 e. The van der Waals surface area contributed by atoms with Gasteiger partial charge < -0.3 is 24.2 Å². The Labute approximate surface area is 289 Å². The van der Waals surface area contributed by atoms with Crippen molar-refractivity contribution in [3.63, 3.8) is 0 Å². The van der Waals surface area contributed by atoms with Gasteiger partial charge in [0.05, 0.1) is 31.0 Å². The van der Waals surface area contributed by atoms with Crippen molar-refractivity contribution in [3.8, 4) is 11.6 Å². The van der Waals surface area contributed by atoms with Gasteiger partial charge in [0.1, 0.15) is 22.8 Å². The molecule has 1 N–H and O–H groups in total. The quantitative estimate of drug-likeness (QED) is 0.294. The predicted molar refractivity (Wildman–Crippen MR) is 175 cm³/mol. The van der Waals surface area contributed by atoms with Crippen LogP contribution < -0.4 is 14.4 Å². The number of nitrogens with zero attached hydrogens (tertiary/aromatic N) is 8. The summed E-state index contributed by atoms with van der Waals surface area (Å²) in [4.78, 5) is 23.2. The van der Waals surface area contributed by atoms with Crippen molar-refractivity contribution >= 4 is 21.7 Å². The van der Waals surface area contributed by atoms with E-state index in [1.807, 2.05) is 4.90 Å². The van der Waals surface area contributed by atoms with Gasteiger partial charge in [0.15, 0.2) is 5.82 Å². The third kappa shape index (κ3) is 8.19. The molecule has 1 aromatic carbocycles. The topological polar surface area (TPSA) is 148 Å². The van der Waals surface area contributed by atoms with Gasteiger partial charge >= 0.3 is 0 Å². The second-order valence-electron chi connectivity index (χ2n) is 13.6. The number of likely N-dealkylation sites (tertiary alicyclic amines) is 1. The Bertz CT molecular complexity index is 1750. The maximum atomic E-state index is 14.3. The number of alkyl halides is 2. The monoisotopic (exact) mass is 721 g/mol. The number of sulfonamides is 1. The van der Waals surface area contributed by atoms with E-state index in [0.29, 0.717) is 31.9 Å². The molecule has 50 heavy (non-hydrogen) atoms. The molecule has 3 aliphatic rings. The van der Waals surface area contributed by atoms with Gasteiger partial charge in [-0.15, -0.1) is 10.2 Å². The van der Waals surface area contributed by atoms with Crippen molar-refractivity contribution in [1.29, 1.82) is 0 Å². The molecule has 272 valence electrons. The number of benzene rings is 1. The molecule has 3 aliphatic heterocycles. The first-order valence-corrected chi connectivity index (χ1v) is 18.1. The number of aromatic nitrogens is 5. The summed E-state index contributed by atoms with van der Waals surface area (Å²) in [5.41, 5.74) is -0.127. The van der Waals surface area contributed by atoms with Crippen molar-refractivity contribution in [1.82, 2.24) is 39.5 Å². The zero-order valence-corrected chi connectivity index (χ0v) is 29.0. The molecule has 6 rings (SSSR count). The number of anilines is 1. The number of halogens is 3. The van der Waals surface area contributed by atoms with E-state index in [4.69, 9.17) is 9.47 Å². The van der Waals surface area contributed by atoms with Crippen LogP contribution in [0.3, 0.4) is 0 Å². The molecule has 1 spiro atoms. The summed E-state index contributed by atoms with van der Waals surface area (Å²) in [6.45, 7) is 6.70. The van der Waals surface area contributed by atoms with E-state index in [9.17, 15) is 26.4 Å². The van der Waals surface area contributed by atoms with Crippen LogP contribution in [0.1, 0.15) is 49.9 Å². The number of amides is 1. The molecular formula is C32H42F3N9O5S. The van der Waals surface area contributed by atoms with Crippen LogP contribution >= 0.6 is 0 Å². The van der Waals surface area contributed by atoms with Crippen molar-refractivity contribution in [3.05, 3.63) is 48.3 Å². The summed E-state index contributed by atoms with van der Waals surface area (Å²) in [6.07, 6.45) is 4.72. The van der Waals surface area contributed by atoms with Gasteiger partial charge in [0.2, 0.25) is 10.0 Å². The first-order chi connectivity index (χ1) is 23.8. The molecule has 2 aromatic heterocycles. The van der Waals surface area contributed by atoms with Gasteiger partial charge in [-0.25, -0.2) is 31.3 Å². The number of aryl methyl sites for hydroxylation is 1. The number of carbonyl (C=O) groups is 1. The van der Waals surface area contributed by atoms with Gasteiger partial charge in [-0.05, 0) is 70.8 Å². The minimum atomic E-state index is -3.65. The zero-order valence-electron chi connectivity index (χ0n) is 28.2. The molecule has 0 aliphatic carbocycles.